The Kier molecular flexibility index (Phi) is 13.0. The first-order valence-electron chi connectivity index (χ1n) is 26.4. The van der Waals surface area contributed by atoms with Gasteiger partial charge < -0.3 is 29.5 Å². The third-order valence-electron chi connectivity index (χ3n) is 17.7. The van der Waals surface area contributed by atoms with Crippen LogP contribution in [0.1, 0.15) is 143 Å². The van der Waals surface area contributed by atoms with Crippen molar-refractivity contribution in [3.05, 3.63) is 93.7 Å². The van der Waals surface area contributed by atoms with Crippen molar-refractivity contribution in [2.75, 3.05) is 31.1 Å². The zero-order valence-electron chi connectivity index (χ0n) is 43.2. The standard InChI is InChI=1S/C56H66ClF2N11O4/c1-33(71)68-21-15-46-44(32-68)49(69-18-7-8-34-22-42(37-30-63-66(6)31-37)43(48(58)59)24-47(34)69)65-70(46)38-13-19-67(20-14-38)39-25-56(26-39)16-11-40(12-17-56)74-53-61-28-36(29-62-53)50(72)64-51-54(2,3)52(55(51,4)5)73-41-10-9-35(27-60)45(57)23-41/h9-10,22-24,28-31,38-40,48,51-52H,7-8,11-21,25-26,32H2,1-6H3,(H,64,72). The van der Waals surface area contributed by atoms with Crippen molar-refractivity contribution in [3.63, 3.8) is 0 Å². The Morgan fingerprint density at radius 1 is 0.919 bits per heavy atom. The predicted molar refractivity (Wildman–Crippen MR) is 276 cm³/mol. The third kappa shape index (κ3) is 9.07. The molecule has 1 N–H and O–H groups in total. The number of fused-ring (bicyclic) bond motifs is 2. The average molecular weight is 1030 g/mol. The third-order valence-corrected chi connectivity index (χ3v) is 18.0. The van der Waals surface area contributed by atoms with Crippen molar-refractivity contribution in [1.82, 2.24) is 44.6 Å². The first-order chi connectivity index (χ1) is 35.4. The molecule has 0 radical (unpaired) electrons. The number of halogens is 3. The molecule has 2 aromatic carbocycles. The van der Waals surface area contributed by atoms with Gasteiger partial charge in [0.25, 0.3) is 12.3 Å². The highest BCUT2D eigenvalue weighted by atomic mass is 35.5. The van der Waals surface area contributed by atoms with E-state index in [0.29, 0.717) is 70.5 Å². The van der Waals surface area contributed by atoms with E-state index in [2.05, 4.69) is 68.6 Å². The number of aryl methyl sites for hydroxylation is 2. The van der Waals surface area contributed by atoms with Crippen LogP contribution in [0.4, 0.5) is 20.3 Å². The van der Waals surface area contributed by atoms with Gasteiger partial charge in [-0.1, -0.05) is 39.3 Å². The van der Waals surface area contributed by atoms with E-state index < -0.39 is 17.3 Å². The summed E-state index contributed by atoms with van der Waals surface area (Å²) in [7, 11) is 1.79. The second-order valence-corrected chi connectivity index (χ2v) is 23.5. The number of hydrogen-bond acceptors (Lipinski definition) is 11. The molecular formula is C56H66ClF2N11O4. The zero-order valence-corrected chi connectivity index (χ0v) is 44.0. The average Bonchev–Trinajstić information content (AvgIpc) is 3.99. The molecule has 18 heteroatoms. The van der Waals surface area contributed by atoms with E-state index in [9.17, 15) is 23.6 Å². The minimum atomic E-state index is -2.66. The predicted octanol–water partition coefficient (Wildman–Crippen LogP) is 9.94. The van der Waals surface area contributed by atoms with Crippen LogP contribution in [0.3, 0.4) is 0 Å². The van der Waals surface area contributed by atoms with E-state index in [1.165, 1.54) is 30.9 Å². The zero-order chi connectivity index (χ0) is 51.8. The number of benzene rings is 2. The highest BCUT2D eigenvalue weighted by molar-refractivity contribution is 6.31. The minimum absolute atomic E-state index is 0.0101. The lowest BCUT2D eigenvalue weighted by Crippen LogP contribution is -2.74. The van der Waals surface area contributed by atoms with Crippen LogP contribution in [0.25, 0.3) is 11.1 Å². The fourth-order valence-corrected chi connectivity index (χ4v) is 14.2. The van der Waals surface area contributed by atoms with Crippen LogP contribution in [-0.2, 0) is 31.2 Å². The first-order valence-corrected chi connectivity index (χ1v) is 26.8. The summed E-state index contributed by atoms with van der Waals surface area (Å²) < 4.78 is 46.2. The number of nitrogens with zero attached hydrogens (tertiary/aromatic N) is 10. The Morgan fingerprint density at radius 2 is 1.65 bits per heavy atom. The lowest BCUT2D eigenvalue weighted by molar-refractivity contribution is -0.164. The lowest BCUT2D eigenvalue weighted by atomic mass is 9.49. The van der Waals surface area contributed by atoms with Crippen LogP contribution in [-0.4, -0.2) is 102 Å². The summed E-state index contributed by atoms with van der Waals surface area (Å²) in [5.41, 5.74) is 5.47. The van der Waals surface area contributed by atoms with Gasteiger partial charge in [0.1, 0.15) is 24.0 Å². The van der Waals surface area contributed by atoms with E-state index in [0.717, 1.165) is 87.1 Å². The van der Waals surface area contributed by atoms with Crippen LogP contribution < -0.4 is 19.7 Å². The second-order valence-electron chi connectivity index (χ2n) is 23.1. The molecular weight excluding hydrogens is 964 g/mol. The molecule has 0 atom stereocenters. The maximum absolute atomic E-state index is 14.8. The van der Waals surface area contributed by atoms with Crippen molar-refractivity contribution in [2.45, 2.75) is 149 Å². The molecule has 1 spiro atoms. The summed E-state index contributed by atoms with van der Waals surface area (Å²) in [5.74, 6) is 1.14. The van der Waals surface area contributed by atoms with Gasteiger partial charge in [0, 0.05) is 122 Å². The number of ether oxygens (including phenoxy) is 2. The van der Waals surface area contributed by atoms with Gasteiger partial charge in [0.15, 0.2) is 5.82 Å². The number of nitriles is 1. The number of likely N-dealkylation sites (tertiary alicyclic amines) is 1. The van der Waals surface area contributed by atoms with Crippen LogP contribution in [0, 0.1) is 27.6 Å². The van der Waals surface area contributed by atoms with Crippen molar-refractivity contribution in [2.24, 2.45) is 23.3 Å². The normalized spacial score (nSPS) is 25.4. The Morgan fingerprint density at radius 3 is 2.30 bits per heavy atom. The number of aromatic nitrogens is 6. The topological polar surface area (TPSA) is 160 Å². The molecule has 3 aliphatic heterocycles. The summed E-state index contributed by atoms with van der Waals surface area (Å²) in [5, 5.41) is 22.5. The molecule has 1 saturated heterocycles. The number of carbonyl (C=O) groups is 2. The lowest BCUT2D eigenvalue weighted by Gasteiger charge is -2.63. The van der Waals surface area contributed by atoms with Crippen LogP contribution in [0.5, 0.6) is 11.8 Å². The van der Waals surface area contributed by atoms with Crippen molar-refractivity contribution >= 4 is 34.9 Å². The maximum Gasteiger partial charge on any atom is 0.316 e. The van der Waals surface area contributed by atoms with Gasteiger partial charge in [0.2, 0.25) is 5.91 Å². The number of carbonyl (C=O) groups excluding carboxylic acids is 2. The Balaban J connectivity index is 0.679. The molecule has 6 heterocycles. The molecule has 3 aromatic heterocycles. The number of nitrogens with one attached hydrogen (secondary N) is 1. The van der Waals surface area contributed by atoms with Crippen molar-refractivity contribution in [3.8, 4) is 29.0 Å². The molecule has 0 bridgehead atoms. The van der Waals surface area contributed by atoms with E-state index in [1.54, 1.807) is 55.3 Å². The Labute approximate surface area is 436 Å². The molecule has 2 amide bonds. The first kappa shape index (κ1) is 50.1. The SMILES string of the molecule is CC(=O)N1CCc2c(c(N3CCCc4cc(-c5cnn(C)c5)c(C(F)F)cc43)nn2C2CCN(C3CC4(CCC(Oc5ncc(C(=O)NC6C(C)(C)C(Oc7ccc(C#N)c(Cl)c7)C6(C)C)cn5)CC4)C3)CC2)C1. The number of rotatable bonds is 11. The van der Waals surface area contributed by atoms with Gasteiger partial charge in [-0.25, -0.2) is 18.7 Å². The fourth-order valence-electron chi connectivity index (χ4n) is 14.0. The summed E-state index contributed by atoms with van der Waals surface area (Å²) >= 11 is 6.27. The number of amides is 2. The minimum Gasteiger partial charge on any atom is -0.489 e. The molecule has 15 nitrogen and oxygen atoms in total. The summed E-state index contributed by atoms with van der Waals surface area (Å²) in [6, 6.07) is 11.6. The number of anilines is 2. The van der Waals surface area contributed by atoms with Crippen LogP contribution in [0.15, 0.2) is 55.1 Å². The van der Waals surface area contributed by atoms with E-state index >= 15 is 0 Å². The van der Waals surface area contributed by atoms with Gasteiger partial charge in [-0.3, -0.25) is 19.0 Å². The van der Waals surface area contributed by atoms with Gasteiger partial charge >= 0.3 is 6.01 Å². The van der Waals surface area contributed by atoms with Gasteiger partial charge in [0.05, 0.1) is 34.9 Å². The molecule has 11 rings (SSSR count). The maximum atomic E-state index is 14.8. The molecule has 390 valence electrons. The van der Waals surface area contributed by atoms with Gasteiger partial charge in [-0.05, 0) is 105 Å². The van der Waals surface area contributed by atoms with Crippen molar-refractivity contribution < 1.29 is 27.8 Å². The molecule has 6 aliphatic rings. The molecule has 74 heavy (non-hydrogen) atoms. The molecule has 3 saturated carbocycles. The summed E-state index contributed by atoms with van der Waals surface area (Å²) in [4.78, 5) is 41.9. The van der Waals surface area contributed by atoms with E-state index in [1.807, 2.05) is 11.0 Å². The Bertz CT molecular complexity index is 2980. The molecule has 5 aromatic rings. The highest BCUT2D eigenvalue weighted by Gasteiger charge is 2.64. The molecule has 0 unspecified atom stereocenters. The fraction of sp³-hybridized carbons (Fsp3) is 0.554. The Hall–Kier alpha value is -6.12. The largest absolute Gasteiger partial charge is 0.489 e. The summed E-state index contributed by atoms with van der Waals surface area (Å²) in [6.07, 6.45) is 14.4. The number of hydrogen-bond donors (Lipinski definition) is 1. The monoisotopic (exact) mass is 1030 g/mol. The van der Waals surface area contributed by atoms with Crippen molar-refractivity contribution in [1.29, 1.82) is 5.26 Å². The van der Waals surface area contributed by atoms with E-state index in [-0.39, 0.29) is 47.7 Å². The smallest absolute Gasteiger partial charge is 0.316 e. The number of alkyl halides is 2. The van der Waals surface area contributed by atoms with Gasteiger partial charge in [-0.2, -0.15) is 15.5 Å². The second kappa shape index (κ2) is 19.2. The van der Waals surface area contributed by atoms with E-state index in [4.69, 9.17) is 26.2 Å². The highest BCUT2D eigenvalue weighted by Crippen LogP contribution is 2.56. The van der Waals surface area contributed by atoms with Crippen LogP contribution >= 0.6 is 11.6 Å². The van der Waals surface area contributed by atoms with Crippen LogP contribution in [0.2, 0.25) is 5.02 Å². The molecule has 3 aliphatic carbocycles. The molecule has 4 fully saturated rings. The summed E-state index contributed by atoms with van der Waals surface area (Å²) in [6.45, 7) is 13.6. The quantitative estimate of drug-likeness (QED) is 0.134. The van der Waals surface area contributed by atoms with Gasteiger partial charge in [-0.15, -0.1) is 0 Å². The number of piperidine rings is 1.